The van der Waals surface area contributed by atoms with E-state index >= 15 is 0 Å². The van der Waals surface area contributed by atoms with E-state index in [4.69, 9.17) is 0 Å². The van der Waals surface area contributed by atoms with Crippen molar-refractivity contribution in [1.82, 2.24) is 19.8 Å². The van der Waals surface area contributed by atoms with E-state index in [1.807, 2.05) is 30.0 Å². The van der Waals surface area contributed by atoms with Gasteiger partial charge in [-0.15, -0.1) is 16.4 Å². The van der Waals surface area contributed by atoms with Crippen molar-refractivity contribution >= 4 is 44.8 Å². The molecule has 1 aromatic carbocycles. The van der Waals surface area contributed by atoms with E-state index in [1.165, 1.54) is 22.9 Å². The third-order valence-electron chi connectivity index (χ3n) is 5.04. The SMILES string of the molecule is CCc1nnsc1C(=O)N1CC[C@@H](c2c(C(=O)NC)sc3ccccc23)C1. The van der Waals surface area contributed by atoms with Gasteiger partial charge in [-0.2, -0.15) is 0 Å². The fourth-order valence-corrected chi connectivity index (χ4v) is 5.63. The summed E-state index contributed by atoms with van der Waals surface area (Å²) < 4.78 is 5.04. The lowest BCUT2D eigenvalue weighted by Gasteiger charge is -2.16. The van der Waals surface area contributed by atoms with E-state index in [1.54, 1.807) is 7.05 Å². The Bertz CT molecular complexity index is 1010. The van der Waals surface area contributed by atoms with Gasteiger partial charge in [0.1, 0.15) is 4.88 Å². The average molecular weight is 401 g/mol. The average Bonchev–Trinajstić information content (AvgIpc) is 3.43. The van der Waals surface area contributed by atoms with Crippen molar-refractivity contribution in [3.05, 3.63) is 45.3 Å². The van der Waals surface area contributed by atoms with Gasteiger partial charge in [-0.25, -0.2) is 0 Å². The summed E-state index contributed by atoms with van der Waals surface area (Å²) >= 11 is 2.69. The van der Waals surface area contributed by atoms with Crippen LogP contribution in [0.1, 0.15) is 49.9 Å². The molecule has 1 N–H and O–H groups in total. The maximum atomic E-state index is 12.9. The largest absolute Gasteiger partial charge is 0.354 e. The predicted octanol–water partition coefficient (Wildman–Crippen LogP) is 3.30. The lowest BCUT2D eigenvalue weighted by molar-refractivity contribution is 0.0794. The second-order valence-electron chi connectivity index (χ2n) is 6.56. The van der Waals surface area contributed by atoms with Crippen LogP contribution in [0, 0.1) is 0 Å². The van der Waals surface area contributed by atoms with Crippen LogP contribution in [0.5, 0.6) is 0 Å². The van der Waals surface area contributed by atoms with E-state index in [9.17, 15) is 9.59 Å². The fraction of sp³-hybridized carbons (Fsp3) is 0.368. The van der Waals surface area contributed by atoms with Crippen LogP contribution in [-0.4, -0.2) is 46.4 Å². The number of aromatic nitrogens is 2. The van der Waals surface area contributed by atoms with Gasteiger partial charge in [0.05, 0.1) is 10.6 Å². The predicted molar refractivity (Wildman–Crippen MR) is 108 cm³/mol. The summed E-state index contributed by atoms with van der Waals surface area (Å²) in [6, 6.07) is 8.11. The summed E-state index contributed by atoms with van der Waals surface area (Å²) in [5.41, 5.74) is 1.84. The van der Waals surface area contributed by atoms with Crippen molar-refractivity contribution < 1.29 is 9.59 Å². The summed E-state index contributed by atoms with van der Waals surface area (Å²) in [5.74, 6) is 0.102. The minimum atomic E-state index is -0.0593. The Hall–Kier alpha value is -2.32. The summed E-state index contributed by atoms with van der Waals surface area (Å²) in [6.07, 6.45) is 1.55. The van der Waals surface area contributed by atoms with Crippen LogP contribution in [-0.2, 0) is 6.42 Å². The lowest BCUT2D eigenvalue weighted by Crippen LogP contribution is -2.28. The molecule has 0 radical (unpaired) electrons. The molecule has 6 nitrogen and oxygen atoms in total. The van der Waals surface area contributed by atoms with E-state index < -0.39 is 0 Å². The van der Waals surface area contributed by atoms with Gasteiger partial charge in [-0.05, 0) is 41.4 Å². The number of hydrogen-bond donors (Lipinski definition) is 1. The van der Waals surface area contributed by atoms with E-state index in [2.05, 4.69) is 21.0 Å². The molecular formula is C19H20N4O2S2. The minimum absolute atomic E-state index is 0.00498. The zero-order chi connectivity index (χ0) is 19.0. The minimum Gasteiger partial charge on any atom is -0.354 e. The molecule has 2 aromatic heterocycles. The zero-order valence-corrected chi connectivity index (χ0v) is 16.8. The Morgan fingerprint density at radius 2 is 2.11 bits per heavy atom. The number of carbonyl (C=O) groups excluding carboxylic acids is 2. The first-order valence-corrected chi connectivity index (χ1v) is 10.6. The number of rotatable bonds is 4. The molecule has 1 aliphatic heterocycles. The quantitative estimate of drug-likeness (QED) is 0.729. The maximum absolute atomic E-state index is 12.9. The first-order chi connectivity index (χ1) is 13.1. The molecule has 0 aliphatic carbocycles. The highest BCUT2D eigenvalue weighted by atomic mass is 32.1. The Balaban J connectivity index is 1.66. The number of carbonyl (C=O) groups is 2. The van der Waals surface area contributed by atoms with Gasteiger partial charge in [0, 0.05) is 30.8 Å². The molecule has 140 valence electrons. The van der Waals surface area contributed by atoms with Crippen molar-refractivity contribution in [2.45, 2.75) is 25.7 Å². The van der Waals surface area contributed by atoms with Gasteiger partial charge < -0.3 is 10.2 Å². The molecule has 3 heterocycles. The van der Waals surface area contributed by atoms with Crippen LogP contribution in [0.25, 0.3) is 10.1 Å². The number of hydrogen-bond acceptors (Lipinski definition) is 6. The van der Waals surface area contributed by atoms with Crippen molar-refractivity contribution in [3.63, 3.8) is 0 Å². The Morgan fingerprint density at radius 1 is 1.30 bits per heavy atom. The number of nitrogens with one attached hydrogen (secondary N) is 1. The number of thiophene rings is 1. The molecule has 1 fully saturated rings. The van der Waals surface area contributed by atoms with Gasteiger partial charge in [0.25, 0.3) is 11.8 Å². The van der Waals surface area contributed by atoms with Gasteiger partial charge in [-0.1, -0.05) is 29.6 Å². The third-order valence-corrected chi connectivity index (χ3v) is 6.98. The van der Waals surface area contributed by atoms with E-state index in [-0.39, 0.29) is 17.7 Å². The molecule has 0 spiro atoms. The second-order valence-corrected chi connectivity index (χ2v) is 8.37. The molecule has 4 rings (SSSR count). The zero-order valence-electron chi connectivity index (χ0n) is 15.2. The van der Waals surface area contributed by atoms with Crippen LogP contribution in [0.3, 0.4) is 0 Å². The number of likely N-dealkylation sites (tertiary alicyclic amines) is 1. The van der Waals surface area contributed by atoms with Crippen LogP contribution >= 0.6 is 22.9 Å². The third kappa shape index (κ3) is 3.12. The van der Waals surface area contributed by atoms with Crippen molar-refractivity contribution in [1.29, 1.82) is 0 Å². The smallest absolute Gasteiger partial charge is 0.267 e. The van der Waals surface area contributed by atoms with Crippen LogP contribution < -0.4 is 5.32 Å². The molecule has 0 bridgehead atoms. The highest BCUT2D eigenvalue weighted by Gasteiger charge is 2.34. The molecule has 0 saturated carbocycles. The van der Waals surface area contributed by atoms with E-state index in [0.29, 0.717) is 24.4 Å². The lowest BCUT2D eigenvalue weighted by atomic mass is 9.95. The second kappa shape index (κ2) is 7.36. The maximum Gasteiger partial charge on any atom is 0.267 e. The van der Waals surface area contributed by atoms with Crippen molar-refractivity contribution in [2.75, 3.05) is 20.1 Å². The first kappa shape index (κ1) is 18.1. The number of nitrogens with zero attached hydrogens (tertiary/aromatic N) is 3. The van der Waals surface area contributed by atoms with Crippen molar-refractivity contribution in [3.8, 4) is 0 Å². The van der Waals surface area contributed by atoms with Crippen molar-refractivity contribution in [2.24, 2.45) is 0 Å². The number of aryl methyl sites for hydroxylation is 1. The first-order valence-electron chi connectivity index (χ1n) is 8.98. The number of benzene rings is 1. The van der Waals surface area contributed by atoms with Gasteiger partial charge in [-0.3, -0.25) is 9.59 Å². The van der Waals surface area contributed by atoms with E-state index in [0.717, 1.165) is 32.6 Å². The van der Waals surface area contributed by atoms with Crippen LogP contribution in [0.15, 0.2) is 24.3 Å². The molecule has 27 heavy (non-hydrogen) atoms. The Labute approximate surface area is 165 Å². The molecule has 0 unspecified atom stereocenters. The Morgan fingerprint density at radius 3 is 2.89 bits per heavy atom. The number of amides is 2. The molecular weight excluding hydrogens is 380 g/mol. The molecule has 1 atom stereocenters. The standard InChI is InChI=1S/C19H20N4O2S2/c1-3-13-16(27-22-21-13)19(25)23-9-8-11(10-23)15-12-6-4-5-7-14(12)26-17(15)18(24)20-2/h4-7,11H,3,8-10H2,1-2H3,(H,20,24)/t11-/m1/s1. The van der Waals surface area contributed by atoms with Gasteiger partial charge >= 0.3 is 0 Å². The molecule has 1 aliphatic rings. The molecule has 2 amide bonds. The number of fused-ring (bicyclic) bond motifs is 1. The summed E-state index contributed by atoms with van der Waals surface area (Å²) in [7, 11) is 1.66. The van der Waals surface area contributed by atoms with Gasteiger partial charge in [0.2, 0.25) is 0 Å². The molecule has 1 saturated heterocycles. The van der Waals surface area contributed by atoms with Crippen LogP contribution in [0.2, 0.25) is 0 Å². The monoisotopic (exact) mass is 400 g/mol. The summed E-state index contributed by atoms with van der Waals surface area (Å²) in [6.45, 7) is 3.28. The van der Waals surface area contributed by atoms with Gasteiger partial charge in [0.15, 0.2) is 0 Å². The Kier molecular flexibility index (Phi) is 4.92. The topological polar surface area (TPSA) is 75.2 Å². The summed E-state index contributed by atoms with van der Waals surface area (Å²) in [5, 5.41) is 7.93. The highest BCUT2D eigenvalue weighted by molar-refractivity contribution is 7.21. The molecule has 8 heteroatoms. The fourth-order valence-electron chi connectivity index (χ4n) is 3.68. The summed E-state index contributed by atoms with van der Waals surface area (Å²) in [4.78, 5) is 28.6. The molecule has 3 aromatic rings. The van der Waals surface area contributed by atoms with Crippen LogP contribution in [0.4, 0.5) is 0 Å². The highest BCUT2D eigenvalue weighted by Crippen LogP contribution is 2.40. The normalized spacial score (nSPS) is 16.8.